The summed E-state index contributed by atoms with van der Waals surface area (Å²) in [5, 5.41) is 19.5. The molecule has 0 radical (unpaired) electrons. The number of nitrogen functional groups attached to an aromatic ring is 2. The van der Waals surface area contributed by atoms with Crippen LogP contribution in [0.15, 0.2) is 33.5 Å². The van der Waals surface area contributed by atoms with Crippen LogP contribution in [0.5, 0.6) is 11.5 Å². The monoisotopic (exact) mass is 258 g/mol. The maximum Gasteiger partial charge on any atom is 0.200 e. The van der Waals surface area contributed by atoms with Crippen LogP contribution in [0, 0.1) is 0 Å². The van der Waals surface area contributed by atoms with Gasteiger partial charge >= 0.3 is 0 Å². The lowest BCUT2D eigenvalue weighted by atomic mass is 10.1. The molecule has 0 amide bonds. The van der Waals surface area contributed by atoms with Crippen molar-refractivity contribution >= 4 is 33.3 Å². The standard InChI is InChI=1S/C13H10N2O4/c14-7-1-5-12(4-10(7)17)19-11-3-8(15)9(16)2-6(11)13(5)18/h1-4,16-17H,14-15H2. The summed E-state index contributed by atoms with van der Waals surface area (Å²) in [5.41, 5.74) is 11.4. The van der Waals surface area contributed by atoms with Gasteiger partial charge in [0.25, 0.3) is 0 Å². The summed E-state index contributed by atoms with van der Waals surface area (Å²) >= 11 is 0. The number of benzene rings is 2. The van der Waals surface area contributed by atoms with Gasteiger partial charge in [0.2, 0.25) is 5.43 Å². The molecule has 0 atom stereocenters. The predicted octanol–water partition coefficient (Wildman–Crippen LogP) is 1.52. The summed E-state index contributed by atoms with van der Waals surface area (Å²) in [6, 6.07) is 5.22. The summed E-state index contributed by atoms with van der Waals surface area (Å²) in [6.07, 6.45) is 0. The summed E-state index contributed by atoms with van der Waals surface area (Å²) in [4.78, 5) is 12.3. The Labute approximate surface area is 106 Å². The minimum atomic E-state index is -0.349. The van der Waals surface area contributed by atoms with Gasteiger partial charge in [-0.3, -0.25) is 4.79 Å². The molecule has 3 aromatic rings. The van der Waals surface area contributed by atoms with Crippen LogP contribution in [0.1, 0.15) is 0 Å². The van der Waals surface area contributed by atoms with Crippen LogP contribution in [0.4, 0.5) is 11.4 Å². The molecule has 6 N–H and O–H groups in total. The number of hydrogen-bond donors (Lipinski definition) is 4. The molecule has 0 aliphatic rings. The molecule has 1 heterocycles. The maximum atomic E-state index is 12.3. The molecule has 0 aliphatic heterocycles. The van der Waals surface area contributed by atoms with E-state index in [0.29, 0.717) is 0 Å². The Balaban J connectivity index is 2.56. The zero-order valence-corrected chi connectivity index (χ0v) is 9.68. The third-order valence-electron chi connectivity index (χ3n) is 2.97. The van der Waals surface area contributed by atoms with Crippen molar-refractivity contribution in [1.29, 1.82) is 0 Å². The molecular weight excluding hydrogens is 248 g/mol. The Morgan fingerprint density at radius 1 is 0.842 bits per heavy atom. The number of fused-ring (bicyclic) bond motifs is 2. The minimum absolute atomic E-state index is 0.0822. The van der Waals surface area contributed by atoms with Crippen LogP contribution in [-0.4, -0.2) is 10.2 Å². The molecule has 1 aromatic heterocycles. The number of anilines is 2. The zero-order chi connectivity index (χ0) is 13.7. The lowest BCUT2D eigenvalue weighted by Gasteiger charge is -2.05. The van der Waals surface area contributed by atoms with Gasteiger partial charge in [-0.1, -0.05) is 0 Å². The second-order valence-corrected chi connectivity index (χ2v) is 4.25. The maximum absolute atomic E-state index is 12.3. The molecule has 0 saturated carbocycles. The highest BCUT2D eigenvalue weighted by Gasteiger charge is 2.12. The fraction of sp³-hybridized carbons (Fsp3) is 0. The molecule has 2 aromatic carbocycles. The van der Waals surface area contributed by atoms with E-state index in [1.54, 1.807) is 0 Å². The van der Waals surface area contributed by atoms with Gasteiger partial charge in [-0.2, -0.15) is 0 Å². The van der Waals surface area contributed by atoms with Crippen LogP contribution >= 0.6 is 0 Å². The highest BCUT2D eigenvalue weighted by Crippen LogP contribution is 2.30. The zero-order valence-electron chi connectivity index (χ0n) is 9.68. The van der Waals surface area contributed by atoms with E-state index >= 15 is 0 Å². The first-order valence-electron chi connectivity index (χ1n) is 5.45. The highest BCUT2D eigenvalue weighted by atomic mass is 16.3. The van der Waals surface area contributed by atoms with E-state index in [2.05, 4.69) is 0 Å². The molecule has 96 valence electrons. The Hall–Kier alpha value is -2.89. The number of nitrogens with two attached hydrogens (primary N) is 2. The summed E-state index contributed by atoms with van der Waals surface area (Å²) < 4.78 is 5.49. The molecule has 0 fully saturated rings. The molecule has 6 nitrogen and oxygen atoms in total. The van der Waals surface area contributed by atoms with Gasteiger partial charge in [0.15, 0.2) is 0 Å². The van der Waals surface area contributed by atoms with E-state index in [-0.39, 0.29) is 50.2 Å². The van der Waals surface area contributed by atoms with Crippen LogP contribution in [0.3, 0.4) is 0 Å². The fourth-order valence-electron chi connectivity index (χ4n) is 1.96. The lowest BCUT2D eigenvalue weighted by Crippen LogP contribution is -2.03. The molecular formula is C13H10N2O4. The topological polar surface area (TPSA) is 123 Å². The van der Waals surface area contributed by atoms with Crippen molar-refractivity contribution in [2.75, 3.05) is 11.5 Å². The van der Waals surface area contributed by atoms with Crippen LogP contribution in [0.25, 0.3) is 21.9 Å². The van der Waals surface area contributed by atoms with E-state index < -0.39 is 0 Å². The minimum Gasteiger partial charge on any atom is -0.506 e. The van der Waals surface area contributed by atoms with Gasteiger partial charge in [-0.05, 0) is 12.1 Å². The van der Waals surface area contributed by atoms with E-state index in [0.717, 1.165) is 0 Å². The second-order valence-electron chi connectivity index (χ2n) is 4.25. The SMILES string of the molecule is Nc1cc2c(=O)c3cc(O)c(N)cc3oc2cc1O. The first-order valence-corrected chi connectivity index (χ1v) is 5.45. The largest absolute Gasteiger partial charge is 0.506 e. The smallest absolute Gasteiger partial charge is 0.200 e. The van der Waals surface area contributed by atoms with Gasteiger partial charge in [0, 0.05) is 12.1 Å². The van der Waals surface area contributed by atoms with Crippen molar-refractivity contribution in [1.82, 2.24) is 0 Å². The van der Waals surface area contributed by atoms with Crippen molar-refractivity contribution in [2.45, 2.75) is 0 Å². The number of aromatic hydroxyl groups is 2. The predicted molar refractivity (Wildman–Crippen MR) is 72.1 cm³/mol. The van der Waals surface area contributed by atoms with E-state index in [4.69, 9.17) is 15.9 Å². The van der Waals surface area contributed by atoms with Crippen LogP contribution in [-0.2, 0) is 0 Å². The molecule has 3 rings (SSSR count). The van der Waals surface area contributed by atoms with Crippen LogP contribution in [0.2, 0.25) is 0 Å². The quantitative estimate of drug-likeness (QED) is 0.275. The molecule has 0 aliphatic carbocycles. The third kappa shape index (κ3) is 1.54. The van der Waals surface area contributed by atoms with Gasteiger partial charge in [0.1, 0.15) is 22.7 Å². The van der Waals surface area contributed by atoms with Gasteiger partial charge in [-0.15, -0.1) is 0 Å². The van der Waals surface area contributed by atoms with E-state index in [9.17, 15) is 15.0 Å². The molecule has 0 unspecified atom stereocenters. The average molecular weight is 258 g/mol. The Morgan fingerprint density at radius 3 is 2.11 bits per heavy atom. The molecule has 0 bridgehead atoms. The Morgan fingerprint density at radius 2 is 1.37 bits per heavy atom. The highest BCUT2D eigenvalue weighted by molar-refractivity contribution is 5.94. The van der Waals surface area contributed by atoms with Crippen molar-refractivity contribution in [2.24, 2.45) is 0 Å². The fourth-order valence-corrected chi connectivity index (χ4v) is 1.96. The molecule has 0 spiro atoms. The van der Waals surface area contributed by atoms with E-state index in [1.165, 1.54) is 24.3 Å². The van der Waals surface area contributed by atoms with Crippen molar-refractivity contribution in [3.05, 3.63) is 34.5 Å². The third-order valence-corrected chi connectivity index (χ3v) is 2.97. The molecule has 0 saturated heterocycles. The average Bonchev–Trinajstić information content (AvgIpc) is 2.35. The van der Waals surface area contributed by atoms with Gasteiger partial charge in [-0.25, -0.2) is 0 Å². The molecule has 19 heavy (non-hydrogen) atoms. The number of phenolic OH excluding ortho intramolecular Hbond substituents is 2. The number of hydrogen-bond acceptors (Lipinski definition) is 6. The Bertz CT molecular complexity index is 814. The lowest BCUT2D eigenvalue weighted by molar-refractivity contribution is 0.476. The number of rotatable bonds is 0. The summed E-state index contributed by atoms with van der Waals surface area (Å²) in [6.45, 7) is 0. The van der Waals surface area contributed by atoms with Gasteiger partial charge < -0.3 is 26.1 Å². The van der Waals surface area contributed by atoms with Crippen molar-refractivity contribution in [3.63, 3.8) is 0 Å². The first kappa shape index (κ1) is 11.2. The van der Waals surface area contributed by atoms with Crippen molar-refractivity contribution < 1.29 is 14.6 Å². The number of phenols is 2. The van der Waals surface area contributed by atoms with E-state index in [1.807, 2.05) is 0 Å². The van der Waals surface area contributed by atoms with Crippen molar-refractivity contribution in [3.8, 4) is 11.5 Å². The van der Waals surface area contributed by atoms with Crippen LogP contribution < -0.4 is 16.9 Å². The first-order chi connectivity index (χ1) is 8.97. The molecule has 6 heteroatoms. The Kier molecular flexibility index (Phi) is 2.10. The summed E-state index contributed by atoms with van der Waals surface area (Å²) in [5.74, 6) is -0.354. The second kappa shape index (κ2) is 3.55. The van der Waals surface area contributed by atoms with Gasteiger partial charge in [0.05, 0.1) is 22.1 Å². The summed E-state index contributed by atoms with van der Waals surface area (Å²) in [7, 11) is 0. The normalized spacial score (nSPS) is 11.2.